The molecule has 0 fully saturated rings. The molecule has 0 radical (unpaired) electrons. The fourth-order valence-electron chi connectivity index (χ4n) is 2.75. The third kappa shape index (κ3) is 16.5. The van der Waals surface area contributed by atoms with E-state index in [1.54, 1.807) is 0 Å². The Balaban J connectivity index is 3.83. The Hall–Kier alpha value is 0.110. The molecule has 0 atom stereocenters. The van der Waals surface area contributed by atoms with Gasteiger partial charge in [-0.3, -0.25) is 9.46 Å². The quantitative estimate of drug-likeness (QED) is 0.303. The Morgan fingerprint density at radius 2 is 1.05 bits per heavy atom. The van der Waals surface area contributed by atoms with Gasteiger partial charge in [0.1, 0.15) is 6.29 Å². The van der Waals surface area contributed by atoms with Crippen molar-refractivity contribution in [3.63, 3.8) is 0 Å². The molecule has 0 unspecified atom stereocenters. The number of hydrogen-bond donors (Lipinski definition) is 2. The summed E-state index contributed by atoms with van der Waals surface area (Å²) in [5.41, 5.74) is 0. The largest absolute Gasteiger partial charge is 0.339 e. The first-order valence-corrected chi connectivity index (χ1v) is 11.1. The minimum absolute atomic E-state index is 0.0725. The van der Waals surface area contributed by atoms with E-state index >= 15 is 0 Å². The predicted molar refractivity (Wildman–Crippen MR) is 95.2 cm³/mol. The van der Waals surface area contributed by atoms with Crippen molar-refractivity contribution in [2.75, 3.05) is 19.4 Å². The molecule has 0 aliphatic rings. The van der Waals surface area contributed by atoms with Crippen LogP contribution in [0.2, 0.25) is 0 Å². The van der Waals surface area contributed by atoms with E-state index in [0.29, 0.717) is 0 Å². The van der Waals surface area contributed by atoms with Crippen molar-refractivity contribution in [1.29, 1.82) is 0 Å². The van der Waals surface area contributed by atoms with Gasteiger partial charge in [-0.1, -0.05) is 78.1 Å². The van der Waals surface area contributed by atoms with Gasteiger partial charge in [0.2, 0.25) is 0 Å². The lowest BCUT2D eigenvalue weighted by Crippen LogP contribution is -2.27. The van der Waals surface area contributed by atoms with Gasteiger partial charge < -0.3 is 9.79 Å². The summed E-state index contributed by atoms with van der Waals surface area (Å²) in [5.74, 6) is 0. The average molecular weight is 335 g/mol. The van der Waals surface area contributed by atoms with Crippen molar-refractivity contribution in [2.45, 2.75) is 90.9 Å². The molecule has 22 heavy (non-hydrogen) atoms. The van der Waals surface area contributed by atoms with Gasteiger partial charge in [0.25, 0.3) is 0 Å². The first kappa shape index (κ1) is 22.1. The zero-order chi connectivity index (χ0) is 16.7. The summed E-state index contributed by atoms with van der Waals surface area (Å²) in [5, 5.41) is 0. The highest BCUT2D eigenvalue weighted by Gasteiger charge is 2.18. The van der Waals surface area contributed by atoms with Gasteiger partial charge >= 0.3 is 7.60 Å². The number of nitrogens with zero attached hydrogens (tertiary/aromatic N) is 1. The molecule has 0 aromatic carbocycles. The van der Waals surface area contributed by atoms with Crippen LogP contribution >= 0.6 is 7.60 Å². The maximum Gasteiger partial charge on any atom is 0.339 e. The second-order valence-electron chi connectivity index (χ2n) is 6.46. The highest BCUT2D eigenvalue weighted by atomic mass is 31.2. The van der Waals surface area contributed by atoms with Crippen LogP contribution in [0.5, 0.6) is 0 Å². The van der Waals surface area contributed by atoms with Crippen LogP contribution in [0.15, 0.2) is 0 Å². The van der Waals surface area contributed by atoms with E-state index in [0.717, 1.165) is 25.9 Å². The lowest BCUT2D eigenvalue weighted by Gasteiger charge is -2.22. The summed E-state index contributed by atoms with van der Waals surface area (Å²) in [7, 11) is -3.93. The molecule has 0 aliphatic carbocycles. The van der Waals surface area contributed by atoms with Gasteiger partial charge in [0.15, 0.2) is 0 Å². The fraction of sp³-hybridized carbons (Fsp3) is 1.00. The molecule has 0 saturated carbocycles. The van der Waals surface area contributed by atoms with Crippen LogP contribution in [0.3, 0.4) is 0 Å². The van der Waals surface area contributed by atoms with Gasteiger partial charge in [0, 0.05) is 0 Å². The lowest BCUT2D eigenvalue weighted by molar-refractivity contribution is 0.265. The zero-order valence-electron chi connectivity index (χ0n) is 14.8. The van der Waals surface area contributed by atoms with Crippen LogP contribution in [0.1, 0.15) is 90.9 Å². The highest BCUT2D eigenvalue weighted by molar-refractivity contribution is 7.51. The Kier molecular flexibility index (Phi) is 14.8. The summed E-state index contributed by atoms with van der Waals surface area (Å²) in [6, 6.07) is 0. The summed E-state index contributed by atoms with van der Waals surface area (Å²) in [6.07, 6.45) is 14.5. The zero-order valence-corrected chi connectivity index (χ0v) is 15.7. The molecule has 0 amide bonds. The molecule has 2 N–H and O–H groups in total. The second-order valence-corrected chi connectivity index (χ2v) is 8.07. The molecular formula is C17H38NO3P. The minimum atomic E-state index is -3.93. The SMILES string of the molecule is CCCCCCCCN(CCCCCCCC)CP(=O)(O)O. The molecule has 134 valence electrons. The van der Waals surface area contributed by atoms with Crippen molar-refractivity contribution >= 4 is 7.60 Å². The van der Waals surface area contributed by atoms with Crippen molar-refractivity contribution in [2.24, 2.45) is 0 Å². The Labute approximate surface area is 137 Å². The van der Waals surface area contributed by atoms with Crippen LogP contribution < -0.4 is 0 Å². The van der Waals surface area contributed by atoms with E-state index in [1.165, 1.54) is 64.2 Å². The molecule has 0 heterocycles. The van der Waals surface area contributed by atoms with E-state index in [4.69, 9.17) is 0 Å². The van der Waals surface area contributed by atoms with Crippen LogP contribution in [-0.4, -0.2) is 34.1 Å². The van der Waals surface area contributed by atoms with Crippen molar-refractivity contribution < 1.29 is 14.4 Å². The average Bonchev–Trinajstić information content (AvgIpc) is 2.44. The van der Waals surface area contributed by atoms with Crippen molar-refractivity contribution in [1.82, 2.24) is 4.90 Å². The molecular weight excluding hydrogens is 297 g/mol. The number of rotatable bonds is 16. The highest BCUT2D eigenvalue weighted by Crippen LogP contribution is 2.35. The Morgan fingerprint density at radius 1 is 0.682 bits per heavy atom. The maximum atomic E-state index is 11.2. The first-order valence-electron chi connectivity index (χ1n) is 9.26. The van der Waals surface area contributed by atoms with Crippen LogP contribution in [0, 0.1) is 0 Å². The third-order valence-corrected chi connectivity index (χ3v) is 4.81. The molecule has 0 bridgehead atoms. The molecule has 4 nitrogen and oxygen atoms in total. The van der Waals surface area contributed by atoms with Crippen LogP contribution in [0.4, 0.5) is 0 Å². The summed E-state index contributed by atoms with van der Waals surface area (Å²) < 4.78 is 11.2. The normalized spacial score (nSPS) is 12.2. The Bertz CT molecular complexity index is 265. The maximum absolute atomic E-state index is 11.2. The molecule has 0 aliphatic heterocycles. The van der Waals surface area contributed by atoms with Crippen molar-refractivity contribution in [3.8, 4) is 0 Å². The third-order valence-electron chi connectivity index (χ3n) is 4.04. The molecule has 5 heteroatoms. The van der Waals surface area contributed by atoms with Gasteiger partial charge in [0.05, 0.1) is 0 Å². The number of unbranched alkanes of at least 4 members (excludes halogenated alkanes) is 10. The standard InChI is InChI=1S/C17H38NO3P/c1-3-5-7-9-11-13-15-18(17-22(19,20)21)16-14-12-10-8-6-4-2/h3-17H2,1-2H3,(H2,19,20,21). The number of hydrogen-bond acceptors (Lipinski definition) is 2. The van der Waals surface area contributed by atoms with E-state index in [-0.39, 0.29) is 6.29 Å². The molecule has 0 aromatic heterocycles. The van der Waals surface area contributed by atoms with E-state index < -0.39 is 7.60 Å². The van der Waals surface area contributed by atoms with E-state index in [9.17, 15) is 14.4 Å². The van der Waals surface area contributed by atoms with E-state index in [1.807, 2.05) is 4.90 Å². The topological polar surface area (TPSA) is 60.8 Å². The summed E-state index contributed by atoms with van der Waals surface area (Å²) in [4.78, 5) is 20.4. The smallest absolute Gasteiger partial charge is 0.324 e. The van der Waals surface area contributed by atoms with Crippen LogP contribution in [0.25, 0.3) is 0 Å². The van der Waals surface area contributed by atoms with Crippen molar-refractivity contribution in [3.05, 3.63) is 0 Å². The second kappa shape index (κ2) is 14.7. The molecule has 0 spiro atoms. The van der Waals surface area contributed by atoms with Gasteiger partial charge in [-0.05, 0) is 25.9 Å². The lowest BCUT2D eigenvalue weighted by atomic mass is 10.1. The van der Waals surface area contributed by atoms with Gasteiger partial charge in [-0.15, -0.1) is 0 Å². The first-order chi connectivity index (χ1) is 10.5. The minimum Gasteiger partial charge on any atom is -0.324 e. The van der Waals surface area contributed by atoms with Gasteiger partial charge in [-0.2, -0.15) is 0 Å². The fourth-order valence-corrected chi connectivity index (χ4v) is 3.55. The van der Waals surface area contributed by atoms with Crippen LogP contribution in [-0.2, 0) is 4.57 Å². The summed E-state index contributed by atoms with van der Waals surface area (Å²) >= 11 is 0. The molecule has 0 rings (SSSR count). The molecule has 0 saturated heterocycles. The monoisotopic (exact) mass is 335 g/mol. The Morgan fingerprint density at radius 3 is 1.41 bits per heavy atom. The van der Waals surface area contributed by atoms with Gasteiger partial charge in [-0.25, -0.2) is 0 Å². The predicted octanol–water partition coefficient (Wildman–Crippen LogP) is 5.14. The molecule has 0 aromatic rings. The summed E-state index contributed by atoms with van der Waals surface area (Å²) in [6.45, 7) is 6.07. The van der Waals surface area contributed by atoms with E-state index in [2.05, 4.69) is 13.8 Å².